The molecule has 9 heteroatoms. The zero-order valence-corrected chi connectivity index (χ0v) is 25.6. The average Bonchev–Trinajstić information content (AvgIpc) is 3.42. The van der Waals surface area contributed by atoms with E-state index < -0.39 is 28.9 Å². The van der Waals surface area contributed by atoms with Gasteiger partial charge in [0.25, 0.3) is 0 Å². The van der Waals surface area contributed by atoms with E-state index in [1.165, 1.54) is 4.46 Å². The van der Waals surface area contributed by atoms with Gasteiger partial charge in [0.2, 0.25) is 0 Å². The van der Waals surface area contributed by atoms with Crippen molar-refractivity contribution in [3.8, 4) is 0 Å². The Hall–Kier alpha value is -0.207. The van der Waals surface area contributed by atoms with Crippen LogP contribution >= 0.6 is 7.60 Å². The molecule has 0 unspecified atom stereocenters. The van der Waals surface area contributed by atoms with Crippen molar-refractivity contribution >= 4 is 49.1 Å². The van der Waals surface area contributed by atoms with Crippen LogP contribution in [0.3, 0.4) is 0 Å². The van der Waals surface area contributed by atoms with Crippen LogP contribution in [0.1, 0.15) is 20.3 Å². The molecule has 0 N–H and O–H groups in total. The quantitative estimate of drug-likeness (QED) is 0.178. The Bertz CT molecular complexity index is 799. The van der Waals surface area contributed by atoms with Crippen LogP contribution in [0, 0.1) is 5.92 Å². The van der Waals surface area contributed by atoms with Gasteiger partial charge in [-0.25, -0.2) is 0 Å². The minimum absolute atomic E-state index is 0.0299. The van der Waals surface area contributed by atoms with Crippen molar-refractivity contribution < 1.29 is 23.1 Å². The fourth-order valence-electron chi connectivity index (χ4n) is 3.99. The first-order valence-corrected chi connectivity index (χ1v) is 22.3. The maximum atomic E-state index is 14.1. The van der Waals surface area contributed by atoms with Crippen molar-refractivity contribution in [2.24, 2.45) is 5.92 Å². The summed E-state index contributed by atoms with van der Waals surface area (Å²) in [5.74, 6) is -0.407. The topological polar surface area (TPSA) is 61.8 Å². The monoisotopic (exact) mass is 564 g/mol. The third-order valence-electron chi connectivity index (χ3n) is 5.74. The van der Waals surface area contributed by atoms with Gasteiger partial charge in [0, 0.05) is 0 Å². The van der Waals surface area contributed by atoms with Crippen molar-refractivity contribution in [2.45, 2.75) is 75.2 Å². The Morgan fingerprint density at radius 2 is 1.66 bits per heavy atom. The molecule has 1 aromatic rings. The molecule has 1 aliphatic rings. The Balaban J connectivity index is 2.40. The molecule has 1 aliphatic carbocycles. The van der Waals surface area contributed by atoms with Crippen LogP contribution in [0.15, 0.2) is 30.3 Å². The van der Waals surface area contributed by atoms with Crippen LogP contribution in [-0.4, -0.2) is 62.1 Å². The van der Waals surface area contributed by atoms with Gasteiger partial charge in [-0.1, -0.05) is 0 Å². The summed E-state index contributed by atoms with van der Waals surface area (Å²) in [4.78, 5) is 13.6. The molecule has 0 aliphatic heterocycles. The van der Waals surface area contributed by atoms with E-state index in [0.717, 1.165) is 6.04 Å². The van der Waals surface area contributed by atoms with E-state index in [-0.39, 0.29) is 40.1 Å². The first kappa shape index (κ1) is 28.0. The van der Waals surface area contributed by atoms with Gasteiger partial charge in [-0.2, -0.15) is 0 Å². The third kappa shape index (κ3) is 6.68. The van der Waals surface area contributed by atoms with Gasteiger partial charge in [0.15, 0.2) is 0 Å². The number of esters is 1. The number of benzene rings is 1. The number of hydrogen-bond donors (Lipinski definition) is 0. The van der Waals surface area contributed by atoms with E-state index in [1.807, 2.05) is 6.07 Å². The Labute approximate surface area is 203 Å². The van der Waals surface area contributed by atoms with Gasteiger partial charge in [-0.15, -0.1) is 0 Å². The van der Waals surface area contributed by atoms with Crippen LogP contribution in [0.5, 0.6) is 0 Å². The molecule has 1 fully saturated rings. The van der Waals surface area contributed by atoms with Gasteiger partial charge in [-0.05, 0) is 0 Å². The number of ether oxygens (including phenoxy) is 1. The molecule has 3 atom stereocenters. The Kier molecular flexibility index (Phi) is 9.66. The van der Waals surface area contributed by atoms with E-state index in [4.69, 9.17) is 13.8 Å². The molecular weight excluding hydrogens is 522 g/mol. The molecule has 0 spiro atoms. The molecule has 0 heterocycles. The summed E-state index contributed by atoms with van der Waals surface area (Å²) in [5.41, 5.74) is 0. The number of carbonyl (C=O) groups is 1. The summed E-state index contributed by atoms with van der Waals surface area (Å²) in [6.45, 7) is 18.3. The standard InChI is InChI=1S/C23H41O5PSeSi2/c1-9-27-29(25,28-10-2)23(22(24)26-16-17-31(3,4)5)18-20(23)21(32(6,7)8)30-19-14-12-11-13-15-19/h11-15,20-21H,9-10,16-18H2,1-8H3/t20-,21-,23+/m1/s1. The van der Waals surface area contributed by atoms with E-state index in [1.54, 1.807) is 13.8 Å². The van der Waals surface area contributed by atoms with Crippen LogP contribution in [0.2, 0.25) is 49.8 Å². The van der Waals surface area contributed by atoms with Crippen molar-refractivity contribution in [1.82, 2.24) is 0 Å². The molecule has 32 heavy (non-hydrogen) atoms. The summed E-state index contributed by atoms with van der Waals surface area (Å²) >= 11 is 0.167. The molecular formula is C23H41O5PSeSi2. The molecule has 0 saturated heterocycles. The summed E-state index contributed by atoms with van der Waals surface area (Å²) < 4.78 is 33.1. The Morgan fingerprint density at radius 3 is 2.12 bits per heavy atom. The number of carbonyl (C=O) groups excluding carboxylic acids is 1. The second-order valence-corrected chi connectivity index (χ2v) is 27.5. The van der Waals surface area contributed by atoms with Crippen LogP contribution in [0.4, 0.5) is 0 Å². The minimum atomic E-state index is -3.66. The molecule has 0 amide bonds. The zero-order chi connectivity index (χ0) is 24.2. The number of rotatable bonds is 13. The zero-order valence-electron chi connectivity index (χ0n) is 21.0. The molecule has 2 rings (SSSR count). The van der Waals surface area contributed by atoms with E-state index in [9.17, 15) is 9.36 Å². The van der Waals surface area contributed by atoms with Crippen LogP contribution < -0.4 is 4.46 Å². The SMILES string of the molecule is CCOP(=O)(OCC)[C@@]1(C(=O)OCC[Si](C)(C)C)C[C@@H]1[C@H]([Se]c1ccccc1)[Si](C)(C)C. The first-order valence-electron chi connectivity index (χ1n) is 11.6. The van der Waals surface area contributed by atoms with E-state index >= 15 is 0 Å². The summed E-state index contributed by atoms with van der Waals surface area (Å²) in [5, 5.41) is -1.17. The number of hydrogen-bond acceptors (Lipinski definition) is 5. The molecule has 0 aromatic heterocycles. The van der Waals surface area contributed by atoms with E-state index in [2.05, 4.69) is 63.5 Å². The van der Waals surface area contributed by atoms with Gasteiger partial charge in [0.1, 0.15) is 0 Å². The molecule has 1 saturated carbocycles. The van der Waals surface area contributed by atoms with Crippen molar-refractivity contribution in [3.63, 3.8) is 0 Å². The third-order valence-corrected chi connectivity index (χ3v) is 19.8. The van der Waals surface area contributed by atoms with Gasteiger partial charge in [0.05, 0.1) is 0 Å². The predicted molar refractivity (Wildman–Crippen MR) is 140 cm³/mol. The molecule has 0 bridgehead atoms. The molecule has 5 nitrogen and oxygen atoms in total. The molecule has 1 aromatic carbocycles. The van der Waals surface area contributed by atoms with Gasteiger partial charge < -0.3 is 0 Å². The van der Waals surface area contributed by atoms with Crippen molar-refractivity contribution in [1.29, 1.82) is 0 Å². The first-order chi connectivity index (χ1) is 14.8. The maximum absolute atomic E-state index is 14.1. The fourth-order valence-corrected chi connectivity index (χ4v) is 14.7. The Morgan fingerprint density at radius 1 is 1.09 bits per heavy atom. The second-order valence-electron chi connectivity index (χ2n) is 10.7. The average molecular weight is 564 g/mol. The molecule has 0 radical (unpaired) electrons. The second kappa shape index (κ2) is 11.0. The van der Waals surface area contributed by atoms with Gasteiger partial charge >= 0.3 is 204 Å². The fraction of sp³-hybridized carbons (Fsp3) is 0.696. The molecule has 182 valence electrons. The summed E-state index contributed by atoms with van der Waals surface area (Å²) in [6.07, 6.45) is 0.527. The van der Waals surface area contributed by atoms with Crippen LogP contribution in [-0.2, 0) is 23.1 Å². The van der Waals surface area contributed by atoms with Gasteiger partial charge in [-0.3, -0.25) is 0 Å². The predicted octanol–water partition coefficient (Wildman–Crippen LogP) is 5.59. The van der Waals surface area contributed by atoms with Crippen LogP contribution in [0.25, 0.3) is 0 Å². The van der Waals surface area contributed by atoms with Crippen molar-refractivity contribution in [3.05, 3.63) is 30.3 Å². The van der Waals surface area contributed by atoms with E-state index in [0.29, 0.717) is 17.5 Å². The van der Waals surface area contributed by atoms with Crippen molar-refractivity contribution in [2.75, 3.05) is 19.8 Å². The normalized spacial score (nSPS) is 22.4. The summed E-state index contributed by atoms with van der Waals surface area (Å²) in [6, 6.07) is 11.4. The summed E-state index contributed by atoms with van der Waals surface area (Å²) in [7, 11) is -6.72.